The molecule has 1 unspecified atom stereocenters. The van der Waals surface area contributed by atoms with Crippen LogP contribution in [0.5, 0.6) is 17.5 Å². The van der Waals surface area contributed by atoms with Crippen LogP contribution in [0.3, 0.4) is 0 Å². The van der Waals surface area contributed by atoms with Gasteiger partial charge in [0.2, 0.25) is 0 Å². The molecule has 0 saturated heterocycles. The lowest BCUT2D eigenvalue weighted by Crippen LogP contribution is -2.29. The summed E-state index contributed by atoms with van der Waals surface area (Å²) in [7, 11) is 1.38. The number of aliphatic hydroxyl groups excluding tert-OH is 1. The predicted octanol–water partition coefficient (Wildman–Crippen LogP) is 4.41. The van der Waals surface area contributed by atoms with E-state index in [0.29, 0.717) is 11.4 Å². The Labute approximate surface area is 216 Å². The first kappa shape index (κ1) is 26.6. The van der Waals surface area contributed by atoms with Crippen LogP contribution in [0.4, 0.5) is 13.2 Å². The Morgan fingerprint density at radius 2 is 1.84 bits per heavy atom. The summed E-state index contributed by atoms with van der Waals surface area (Å²) in [4.78, 5) is 31.1. The van der Waals surface area contributed by atoms with E-state index in [1.165, 1.54) is 17.7 Å². The highest BCUT2D eigenvalue weighted by Crippen LogP contribution is 2.35. The van der Waals surface area contributed by atoms with E-state index >= 15 is 0 Å². The molecule has 0 aliphatic rings. The Kier molecular flexibility index (Phi) is 7.53. The number of alkyl halides is 3. The molecule has 0 saturated carbocycles. The van der Waals surface area contributed by atoms with Crippen molar-refractivity contribution < 1.29 is 27.8 Å². The molecule has 0 amide bonds. The van der Waals surface area contributed by atoms with E-state index in [-0.39, 0.29) is 40.9 Å². The van der Waals surface area contributed by atoms with Crippen LogP contribution in [0.2, 0.25) is 10.0 Å². The van der Waals surface area contributed by atoms with Gasteiger partial charge in [-0.05, 0) is 42.7 Å². The summed E-state index contributed by atoms with van der Waals surface area (Å²) >= 11 is 11.7. The summed E-state index contributed by atoms with van der Waals surface area (Å²) < 4.78 is 50.2. The van der Waals surface area contributed by atoms with Gasteiger partial charge in [-0.3, -0.25) is 18.9 Å². The van der Waals surface area contributed by atoms with Gasteiger partial charge in [-0.2, -0.15) is 4.98 Å². The van der Waals surface area contributed by atoms with E-state index < -0.39 is 29.5 Å². The lowest BCUT2D eigenvalue weighted by atomic mass is 10.1. The van der Waals surface area contributed by atoms with Gasteiger partial charge in [-0.25, -0.2) is 4.79 Å². The highest BCUT2D eigenvalue weighted by Gasteiger charge is 2.32. The van der Waals surface area contributed by atoms with Crippen LogP contribution in [0.1, 0.15) is 12.0 Å². The molecule has 37 heavy (non-hydrogen) atoms. The number of imidazole rings is 1. The molecule has 0 radical (unpaired) electrons. The lowest BCUT2D eigenvalue weighted by Gasteiger charge is -2.14. The van der Waals surface area contributed by atoms with Crippen LogP contribution in [0.15, 0.2) is 52.1 Å². The molecule has 2 N–H and O–H groups in total. The van der Waals surface area contributed by atoms with Crippen molar-refractivity contribution in [2.45, 2.75) is 31.9 Å². The van der Waals surface area contributed by atoms with Gasteiger partial charge >= 0.3 is 18.1 Å². The maximum absolute atomic E-state index is 12.7. The molecule has 1 atom stereocenters. The molecule has 196 valence electrons. The first-order valence-electron chi connectivity index (χ1n) is 10.8. The zero-order valence-corrected chi connectivity index (χ0v) is 20.6. The van der Waals surface area contributed by atoms with Gasteiger partial charge in [0.15, 0.2) is 16.9 Å². The molecule has 4 aromatic rings. The average Bonchev–Trinajstić information content (AvgIpc) is 3.17. The van der Waals surface area contributed by atoms with Gasteiger partial charge in [0.05, 0.1) is 11.1 Å². The number of hydrogen-bond acceptors (Lipinski definition) is 6. The zero-order valence-electron chi connectivity index (χ0n) is 19.1. The fourth-order valence-electron chi connectivity index (χ4n) is 3.63. The first-order valence-corrected chi connectivity index (χ1v) is 11.5. The number of halogens is 5. The largest absolute Gasteiger partial charge is 0.573 e. The van der Waals surface area contributed by atoms with E-state index in [9.17, 15) is 27.9 Å². The summed E-state index contributed by atoms with van der Waals surface area (Å²) in [6.07, 6.45) is -5.37. The Balaban J connectivity index is 1.67. The second kappa shape index (κ2) is 10.5. The van der Waals surface area contributed by atoms with Gasteiger partial charge < -0.3 is 14.6 Å². The SMILES string of the molecule is Cn1c(=O)[nH]c(=O)c2c1nc(Oc1ccc(Cl)c(OC(F)(F)F)c1)n2CCC(O)Cc1ccc(Cl)cc1. The maximum Gasteiger partial charge on any atom is 0.573 e. The Morgan fingerprint density at radius 1 is 1.14 bits per heavy atom. The molecular formula is C23H19Cl2F3N4O5. The summed E-state index contributed by atoms with van der Waals surface area (Å²) in [5.74, 6) is -0.818. The van der Waals surface area contributed by atoms with E-state index in [4.69, 9.17) is 27.9 Å². The number of aryl methyl sites for hydroxylation is 2. The molecule has 0 aliphatic heterocycles. The van der Waals surface area contributed by atoms with E-state index in [0.717, 1.165) is 22.3 Å². The molecule has 0 spiro atoms. The van der Waals surface area contributed by atoms with Crippen LogP contribution >= 0.6 is 23.2 Å². The molecule has 0 fully saturated rings. The average molecular weight is 559 g/mol. The summed E-state index contributed by atoms with van der Waals surface area (Å²) in [6, 6.07) is 10.1. The van der Waals surface area contributed by atoms with Crippen molar-refractivity contribution in [1.29, 1.82) is 0 Å². The highest BCUT2D eigenvalue weighted by atomic mass is 35.5. The second-order valence-electron chi connectivity index (χ2n) is 8.05. The van der Waals surface area contributed by atoms with Crippen molar-refractivity contribution in [3.63, 3.8) is 0 Å². The normalized spacial score (nSPS) is 12.6. The number of aliphatic hydroxyl groups is 1. The van der Waals surface area contributed by atoms with Crippen LogP contribution in [0.25, 0.3) is 11.2 Å². The lowest BCUT2D eigenvalue weighted by molar-refractivity contribution is -0.274. The van der Waals surface area contributed by atoms with Crippen molar-refractivity contribution in [2.75, 3.05) is 0 Å². The maximum atomic E-state index is 12.7. The number of rotatable bonds is 8. The van der Waals surface area contributed by atoms with Gasteiger partial charge in [0, 0.05) is 24.7 Å². The number of ether oxygens (including phenoxy) is 2. The van der Waals surface area contributed by atoms with Crippen molar-refractivity contribution in [3.8, 4) is 17.5 Å². The minimum absolute atomic E-state index is 0.0170. The molecule has 0 aliphatic carbocycles. The quantitative estimate of drug-likeness (QED) is 0.331. The molecule has 9 nitrogen and oxygen atoms in total. The number of nitrogens with one attached hydrogen (secondary N) is 1. The molecule has 0 bridgehead atoms. The standard InChI is InChI=1S/C23H19Cl2F3N4O5/c1-31-19-18(20(34)30-21(31)35)32(9-8-14(33)10-12-2-4-13(24)5-3-12)22(29-19)36-15-6-7-16(25)17(11-15)37-23(26,27)28/h2-7,11,14,33H,8-10H2,1H3,(H,30,34,35). The predicted molar refractivity (Wildman–Crippen MR) is 130 cm³/mol. The highest BCUT2D eigenvalue weighted by molar-refractivity contribution is 6.32. The fourth-order valence-corrected chi connectivity index (χ4v) is 3.91. The van der Waals surface area contributed by atoms with E-state index in [2.05, 4.69) is 14.7 Å². The van der Waals surface area contributed by atoms with Gasteiger partial charge in [0.1, 0.15) is 5.75 Å². The van der Waals surface area contributed by atoms with Crippen molar-refractivity contribution in [3.05, 3.63) is 78.9 Å². The summed E-state index contributed by atoms with van der Waals surface area (Å²) in [5, 5.41) is 10.8. The number of fused-ring (bicyclic) bond motifs is 1. The number of H-pyrrole nitrogens is 1. The van der Waals surface area contributed by atoms with Crippen LogP contribution < -0.4 is 20.7 Å². The molecule has 2 aromatic heterocycles. The third kappa shape index (κ3) is 6.27. The van der Waals surface area contributed by atoms with Crippen LogP contribution in [-0.4, -0.2) is 36.7 Å². The van der Waals surface area contributed by atoms with Crippen LogP contribution in [-0.2, 0) is 20.0 Å². The minimum Gasteiger partial charge on any atom is -0.425 e. The van der Waals surface area contributed by atoms with Gasteiger partial charge in [-0.15, -0.1) is 13.2 Å². The topological polar surface area (TPSA) is 111 Å². The number of hydrogen-bond donors (Lipinski definition) is 2. The smallest absolute Gasteiger partial charge is 0.425 e. The fraction of sp³-hybridized carbons (Fsp3) is 0.261. The molecular weight excluding hydrogens is 540 g/mol. The second-order valence-corrected chi connectivity index (χ2v) is 8.90. The number of benzene rings is 2. The van der Waals surface area contributed by atoms with Gasteiger partial charge in [0.25, 0.3) is 5.56 Å². The van der Waals surface area contributed by atoms with E-state index in [1.807, 2.05) is 0 Å². The van der Waals surface area contributed by atoms with Crippen LogP contribution in [0, 0.1) is 0 Å². The zero-order chi connectivity index (χ0) is 26.9. The Morgan fingerprint density at radius 3 is 2.51 bits per heavy atom. The third-order valence-electron chi connectivity index (χ3n) is 5.38. The minimum atomic E-state index is -4.98. The third-order valence-corrected chi connectivity index (χ3v) is 5.94. The first-order chi connectivity index (χ1) is 17.4. The molecule has 2 aromatic carbocycles. The van der Waals surface area contributed by atoms with Crippen molar-refractivity contribution >= 4 is 34.4 Å². The van der Waals surface area contributed by atoms with Gasteiger partial charge in [-0.1, -0.05) is 35.3 Å². The summed E-state index contributed by atoms with van der Waals surface area (Å²) in [5.41, 5.74) is -0.663. The molecule has 2 heterocycles. The number of aromatic amines is 1. The summed E-state index contributed by atoms with van der Waals surface area (Å²) in [6.45, 7) is 0.0291. The molecule has 14 heteroatoms. The number of aromatic nitrogens is 4. The Hall–Kier alpha value is -3.48. The Bertz CT molecular complexity index is 1550. The monoisotopic (exact) mass is 558 g/mol. The number of nitrogens with zero attached hydrogens (tertiary/aromatic N) is 3. The van der Waals surface area contributed by atoms with E-state index in [1.54, 1.807) is 24.3 Å². The molecule has 4 rings (SSSR count). The van der Waals surface area contributed by atoms with Crippen molar-refractivity contribution in [2.24, 2.45) is 7.05 Å². The van der Waals surface area contributed by atoms with Crippen molar-refractivity contribution in [1.82, 2.24) is 19.1 Å².